The molecule has 0 saturated heterocycles. The summed E-state index contributed by atoms with van der Waals surface area (Å²) >= 11 is 0. The van der Waals surface area contributed by atoms with E-state index in [0.29, 0.717) is 5.56 Å². The van der Waals surface area contributed by atoms with Crippen LogP contribution in [-0.4, -0.2) is 17.9 Å². The predicted octanol–water partition coefficient (Wildman–Crippen LogP) is 3.24. The highest BCUT2D eigenvalue weighted by atomic mass is 19.4. The van der Waals surface area contributed by atoms with E-state index in [0.717, 1.165) is 18.2 Å². The first-order valence-corrected chi connectivity index (χ1v) is 5.80. The van der Waals surface area contributed by atoms with Crippen molar-refractivity contribution in [2.24, 2.45) is 0 Å². The highest BCUT2D eigenvalue weighted by molar-refractivity contribution is 6.39. The molecule has 0 spiro atoms. The van der Waals surface area contributed by atoms with Gasteiger partial charge in [0.2, 0.25) is 0 Å². The van der Waals surface area contributed by atoms with Gasteiger partial charge in [-0.1, -0.05) is 18.2 Å². The standard InChI is InChI=1S/C14H13F3O3/c1-9(2)20-13(19)12(18)8-5-10-3-6-11(7-4-10)14(15,16)17/h3-9H,1-2H3/b8-5+. The van der Waals surface area contributed by atoms with Crippen LogP contribution in [0, 0.1) is 0 Å². The molecule has 0 aliphatic rings. The summed E-state index contributed by atoms with van der Waals surface area (Å²) in [5, 5.41) is 0. The minimum Gasteiger partial charge on any atom is -0.457 e. The summed E-state index contributed by atoms with van der Waals surface area (Å²) in [6.45, 7) is 3.20. The van der Waals surface area contributed by atoms with E-state index in [2.05, 4.69) is 4.74 Å². The summed E-state index contributed by atoms with van der Waals surface area (Å²) < 4.78 is 41.7. The molecule has 0 aliphatic carbocycles. The van der Waals surface area contributed by atoms with Gasteiger partial charge in [-0.05, 0) is 37.6 Å². The monoisotopic (exact) mass is 286 g/mol. The first kappa shape index (κ1) is 15.9. The number of carbonyl (C=O) groups excluding carboxylic acids is 2. The highest BCUT2D eigenvalue weighted by Crippen LogP contribution is 2.29. The molecule has 0 radical (unpaired) electrons. The summed E-state index contributed by atoms with van der Waals surface area (Å²) in [6, 6.07) is 4.22. The van der Waals surface area contributed by atoms with Gasteiger partial charge in [-0.3, -0.25) is 4.79 Å². The van der Waals surface area contributed by atoms with Crippen LogP contribution in [0.4, 0.5) is 13.2 Å². The third kappa shape index (κ3) is 4.87. The van der Waals surface area contributed by atoms with Gasteiger partial charge in [-0.15, -0.1) is 0 Å². The van der Waals surface area contributed by atoms with E-state index >= 15 is 0 Å². The Kier molecular flexibility index (Phi) is 5.07. The molecule has 0 aromatic heterocycles. The Balaban J connectivity index is 2.71. The van der Waals surface area contributed by atoms with Crippen molar-refractivity contribution in [1.82, 2.24) is 0 Å². The SMILES string of the molecule is CC(C)OC(=O)C(=O)/C=C/c1ccc(C(F)(F)F)cc1. The van der Waals surface area contributed by atoms with Crippen molar-refractivity contribution in [3.05, 3.63) is 41.5 Å². The Morgan fingerprint density at radius 1 is 1.15 bits per heavy atom. The van der Waals surface area contributed by atoms with E-state index in [1.807, 2.05) is 0 Å². The van der Waals surface area contributed by atoms with Crippen molar-refractivity contribution in [3.8, 4) is 0 Å². The second-order valence-electron chi connectivity index (χ2n) is 4.27. The summed E-state index contributed by atoms with van der Waals surface area (Å²) in [5.74, 6) is -1.86. The van der Waals surface area contributed by atoms with Crippen LogP contribution in [0.3, 0.4) is 0 Å². The topological polar surface area (TPSA) is 43.4 Å². The Bertz CT molecular complexity index is 513. The fourth-order valence-corrected chi connectivity index (χ4v) is 1.30. The second kappa shape index (κ2) is 6.36. The molecule has 1 rings (SSSR count). The Hall–Kier alpha value is -2.11. The molecule has 0 N–H and O–H groups in total. The van der Waals surface area contributed by atoms with E-state index in [-0.39, 0.29) is 0 Å². The van der Waals surface area contributed by atoms with Crippen LogP contribution in [-0.2, 0) is 20.5 Å². The average Bonchev–Trinajstić information content (AvgIpc) is 2.34. The molecular formula is C14H13F3O3. The molecule has 0 fully saturated rings. The number of rotatable bonds is 4. The number of esters is 1. The molecule has 0 aliphatic heterocycles. The maximum Gasteiger partial charge on any atom is 0.416 e. The molecule has 0 atom stereocenters. The van der Waals surface area contributed by atoms with Gasteiger partial charge in [0.25, 0.3) is 5.78 Å². The highest BCUT2D eigenvalue weighted by Gasteiger charge is 2.29. The van der Waals surface area contributed by atoms with Crippen LogP contribution in [0.1, 0.15) is 25.0 Å². The number of carbonyl (C=O) groups is 2. The number of ether oxygens (including phenoxy) is 1. The van der Waals surface area contributed by atoms with Gasteiger partial charge < -0.3 is 4.74 Å². The van der Waals surface area contributed by atoms with Crippen molar-refractivity contribution in [3.63, 3.8) is 0 Å². The van der Waals surface area contributed by atoms with Gasteiger partial charge >= 0.3 is 12.1 Å². The molecule has 0 unspecified atom stereocenters. The minimum atomic E-state index is -4.40. The third-order valence-corrected chi connectivity index (χ3v) is 2.21. The van der Waals surface area contributed by atoms with Crippen LogP contribution in [0.2, 0.25) is 0 Å². The van der Waals surface area contributed by atoms with Crippen LogP contribution in [0.15, 0.2) is 30.3 Å². The molecule has 0 amide bonds. The fourth-order valence-electron chi connectivity index (χ4n) is 1.30. The largest absolute Gasteiger partial charge is 0.457 e. The summed E-state index contributed by atoms with van der Waals surface area (Å²) in [4.78, 5) is 22.5. The van der Waals surface area contributed by atoms with Gasteiger partial charge in [-0.2, -0.15) is 13.2 Å². The molecule has 6 heteroatoms. The zero-order valence-corrected chi connectivity index (χ0v) is 10.9. The molecule has 0 heterocycles. The van der Waals surface area contributed by atoms with Crippen molar-refractivity contribution in [2.75, 3.05) is 0 Å². The van der Waals surface area contributed by atoms with E-state index < -0.39 is 29.6 Å². The molecule has 1 aromatic carbocycles. The summed E-state index contributed by atoms with van der Waals surface area (Å²) in [6.07, 6.45) is -2.60. The second-order valence-corrected chi connectivity index (χ2v) is 4.27. The van der Waals surface area contributed by atoms with Crippen LogP contribution in [0.25, 0.3) is 6.08 Å². The molecular weight excluding hydrogens is 273 g/mol. The lowest BCUT2D eigenvalue weighted by molar-refractivity contribution is -0.154. The quantitative estimate of drug-likeness (QED) is 0.485. The summed E-state index contributed by atoms with van der Waals surface area (Å²) in [5.41, 5.74) is -0.399. The van der Waals surface area contributed by atoms with Gasteiger partial charge in [-0.25, -0.2) is 4.79 Å². The molecule has 108 valence electrons. The lowest BCUT2D eigenvalue weighted by Crippen LogP contribution is -2.19. The van der Waals surface area contributed by atoms with Crippen molar-refractivity contribution < 1.29 is 27.5 Å². The van der Waals surface area contributed by atoms with Gasteiger partial charge in [0, 0.05) is 0 Å². The number of hydrogen-bond acceptors (Lipinski definition) is 3. The van der Waals surface area contributed by atoms with Gasteiger partial charge in [0.05, 0.1) is 11.7 Å². The molecule has 20 heavy (non-hydrogen) atoms. The van der Waals surface area contributed by atoms with E-state index in [9.17, 15) is 22.8 Å². The minimum absolute atomic E-state index is 0.378. The molecule has 0 bridgehead atoms. The first-order valence-electron chi connectivity index (χ1n) is 5.80. The number of alkyl halides is 3. The first-order chi connectivity index (χ1) is 9.20. The Labute approximate surface area is 114 Å². The van der Waals surface area contributed by atoms with Crippen LogP contribution >= 0.6 is 0 Å². The van der Waals surface area contributed by atoms with E-state index in [4.69, 9.17) is 0 Å². The maximum absolute atomic E-state index is 12.3. The van der Waals surface area contributed by atoms with Gasteiger partial charge in [0.15, 0.2) is 0 Å². The number of hydrogen-bond donors (Lipinski definition) is 0. The molecule has 0 saturated carbocycles. The summed E-state index contributed by atoms with van der Waals surface area (Å²) in [7, 11) is 0. The van der Waals surface area contributed by atoms with Crippen molar-refractivity contribution >= 4 is 17.8 Å². The normalized spacial score (nSPS) is 11.9. The van der Waals surface area contributed by atoms with Crippen molar-refractivity contribution in [2.45, 2.75) is 26.1 Å². The van der Waals surface area contributed by atoms with E-state index in [1.54, 1.807) is 13.8 Å². The maximum atomic E-state index is 12.3. The van der Waals surface area contributed by atoms with Crippen LogP contribution in [0.5, 0.6) is 0 Å². The Morgan fingerprint density at radius 3 is 2.15 bits per heavy atom. The van der Waals surface area contributed by atoms with Gasteiger partial charge in [0.1, 0.15) is 0 Å². The Morgan fingerprint density at radius 2 is 1.70 bits per heavy atom. The van der Waals surface area contributed by atoms with E-state index in [1.165, 1.54) is 18.2 Å². The smallest absolute Gasteiger partial charge is 0.416 e. The lowest BCUT2D eigenvalue weighted by Gasteiger charge is -2.06. The van der Waals surface area contributed by atoms with Crippen molar-refractivity contribution in [1.29, 1.82) is 0 Å². The average molecular weight is 286 g/mol. The zero-order chi connectivity index (χ0) is 15.3. The number of halogens is 3. The van der Waals surface area contributed by atoms with Crippen LogP contribution < -0.4 is 0 Å². The molecule has 3 nitrogen and oxygen atoms in total. The molecule has 1 aromatic rings. The number of ketones is 1. The number of benzene rings is 1. The predicted molar refractivity (Wildman–Crippen MR) is 66.7 cm³/mol. The third-order valence-electron chi connectivity index (χ3n) is 2.21. The fraction of sp³-hybridized carbons (Fsp3) is 0.286. The lowest BCUT2D eigenvalue weighted by atomic mass is 10.1. The zero-order valence-electron chi connectivity index (χ0n) is 10.9.